The Labute approximate surface area is 118 Å². The number of rotatable bonds is 6. The SMILES string of the molecule is O=C(O)CCNC(=O)NCC(F)(F)c1ccc(Cl)cc1. The van der Waals surface area contributed by atoms with E-state index in [1.54, 1.807) is 0 Å². The van der Waals surface area contributed by atoms with Gasteiger partial charge in [-0.2, -0.15) is 8.78 Å². The van der Waals surface area contributed by atoms with Crippen LogP contribution in [0.3, 0.4) is 0 Å². The molecule has 0 aliphatic heterocycles. The van der Waals surface area contributed by atoms with Crippen molar-refractivity contribution >= 4 is 23.6 Å². The van der Waals surface area contributed by atoms with Gasteiger partial charge < -0.3 is 15.7 Å². The van der Waals surface area contributed by atoms with E-state index in [1.165, 1.54) is 24.3 Å². The molecule has 0 heterocycles. The molecule has 0 atom stereocenters. The van der Waals surface area contributed by atoms with Gasteiger partial charge in [-0.1, -0.05) is 23.7 Å². The second-order valence-corrected chi connectivity index (χ2v) is 4.40. The van der Waals surface area contributed by atoms with E-state index in [0.717, 1.165) is 0 Å². The summed E-state index contributed by atoms with van der Waals surface area (Å²) in [6, 6.07) is 4.16. The van der Waals surface area contributed by atoms with Gasteiger partial charge in [-0.3, -0.25) is 4.79 Å². The minimum absolute atomic E-state index is 0.131. The smallest absolute Gasteiger partial charge is 0.315 e. The fraction of sp³-hybridized carbons (Fsp3) is 0.333. The maximum atomic E-state index is 13.7. The van der Waals surface area contributed by atoms with Crippen LogP contribution < -0.4 is 10.6 Å². The van der Waals surface area contributed by atoms with E-state index in [4.69, 9.17) is 16.7 Å². The first-order valence-electron chi connectivity index (χ1n) is 5.68. The summed E-state index contributed by atoms with van der Waals surface area (Å²) in [5, 5.41) is 12.8. The fourth-order valence-corrected chi connectivity index (χ4v) is 1.46. The van der Waals surface area contributed by atoms with Crippen LogP contribution in [0.4, 0.5) is 13.6 Å². The highest BCUT2D eigenvalue weighted by Crippen LogP contribution is 2.27. The highest BCUT2D eigenvalue weighted by Gasteiger charge is 2.31. The zero-order valence-corrected chi connectivity index (χ0v) is 11.1. The highest BCUT2D eigenvalue weighted by atomic mass is 35.5. The second-order valence-electron chi connectivity index (χ2n) is 3.96. The number of hydrogen-bond donors (Lipinski definition) is 3. The predicted octanol–water partition coefficient (Wildman–Crippen LogP) is 2.21. The van der Waals surface area contributed by atoms with Crippen LogP contribution >= 0.6 is 11.6 Å². The summed E-state index contributed by atoms with van der Waals surface area (Å²) in [4.78, 5) is 21.4. The number of carbonyl (C=O) groups excluding carboxylic acids is 1. The normalized spacial score (nSPS) is 10.9. The van der Waals surface area contributed by atoms with Crippen LogP contribution in [0.5, 0.6) is 0 Å². The van der Waals surface area contributed by atoms with Crippen LogP contribution in [0.1, 0.15) is 12.0 Å². The Morgan fingerprint density at radius 1 is 1.20 bits per heavy atom. The summed E-state index contributed by atoms with van der Waals surface area (Å²) < 4.78 is 27.4. The Bertz CT molecular complexity index is 480. The molecular formula is C12H13ClF2N2O3. The van der Waals surface area contributed by atoms with Gasteiger partial charge in [-0.25, -0.2) is 4.79 Å². The molecule has 1 aromatic rings. The van der Waals surface area contributed by atoms with E-state index in [0.29, 0.717) is 5.02 Å². The monoisotopic (exact) mass is 306 g/mol. The average molecular weight is 307 g/mol. The van der Waals surface area contributed by atoms with Gasteiger partial charge in [0.15, 0.2) is 0 Å². The Hall–Kier alpha value is -1.89. The summed E-state index contributed by atoms with van der Waals surface area (Å²) in [5.41, 5.74) is -0.271. The lowest BCUT2D eigenvalue weighted by Crippen LogP contribution is -2.41. The summed E-state index contributed by atoms with van der Waals surface area (Å²) in [6.45, 7) is -1.03. The quantitative estimate of drug-likeness (QED) is 0.754. The highest BCUT2D eigenvalue weighted by molar-refractivity contribution is 6.30. The maximum Gasteiger partial charge on any atom is 0.315 e. The first-order chi connectivity index (χ1) is 9.31. The van der Waals surface area contributed by atoms with Crippen LogP contribution in [-0.2, 0) is 10.7 Å². The third-order valence-corrected chi connectivity index (χ3v) is 2.61. The molecule has 0 aliphatic carbocycles. The standard InChI is InChI=1S/C12H13ClF2N2O3/c13-9-3-1-8(2-4-9)12(14,15)7-17-11(20)16-6-5-10(18)19/h1-4H,5-7H2,(H,18,19)(H2,16,17,20). The molecule has 0 spiro atoms. The molecule has 0 aliphatic rings. The van der Waals surface area contributed by atoms with Crippen molar-refractivity contribution in [3.8, 4) is 0 Å². The maximum absolute atomic E-state index is 13.7. The van der Waals surface area contributed by atoms with Crippen LogP contribution in [0.25, 0.3) is 0 Å². The fourth-order valence-electron chi connectivity index (χ4n) is 1.33. The first kappa shape index (κ1) is 16.2. The number of aliphatic carboxylic acids is 1. The number of carbonyl (C=O) groups is 2. The van der Waals surface area contributed by atoms with Gasteiger partial charge >= 0.3 is 12.0 Å². The second kappa shape index (κ2) is 7.04. The number of benzene rings is 1. The molecule has 0 saturated carbocycles. The van der Waals surface area contributed by atoms with E-state index in [9.17, 15) is 18.4 Å². The molecule has 1 aromatic carbocycles. The number of amides is 2. The summed E-state index contributed by atoms with van der Waals surface area (Å²) in [6.07, 6.45) is -0.277. The third-order valence-electron chi connectivity index (χ3n) is 2.36. The molecule has 5 nitrogen and oxygen atoms in total. The summed E-state index contributed by atoms with van der Waals surface area (Å²) >= 11 is 5.60. The van der Waals surface area contributed by atoms with Crippen molar-refractivity contribution in [1.82, 2.24) is 10.6 Å². The van der Waals surface area contributed by atoms with Crippen molar-refractivity contribution in [3.05, 3.63) is 34.9 Å². The lowest BCUT2D eigenvalue weighted by atomic mass is 10.1. The molecule has 2 amide bonds. The van der Waals surface area contributed by atoms with E-state index >= 15 is 0 Å². The van der Waals surface area contributed by atoms with Crippen LogP contribution in [0.2, 0.25) is 5.02 Å². The lowest BCUT2D eigenvalue weighted by Gasteiger charge is -2.17. The van der Waals surface area contributed by atoms with Crippen LogP contribution in [0, 0.1) is 0 Å². The van der Waals surface area contributed by atoms with Crippen molar-refractivity contribution < 1.29 is 23.5 Å². The Kier molecular flexibility index (Phi) is 5.69. The minimum atomic E-state index is -3.24. The van der Waals surface area contributed by atoms with Gasteiger partial charge in [0.25, 0.3) is 5.92 Å². The van der Waals surface area contributed by atoms with Gasteiger partial charge in [-0.05, 0) is 12.1 Å². The zero-order chi connectivity index (χ0) is 15.2. The minimum Gasteiger partial charge on any atom is -0.481 e. The van der Waals surface area contributed by atoms with Crippen molar-refractivity contribution in [2.75, 3.05) is 13.1 Å². The lowest BCUT2D eigenvalue weighted by molar-refractivity contribution is -0.136. The molecule has 0 fully saturated rings. The number of halogens is 3. The molecule has 8 heteroatoms. The van der Waals surface area contributed by atoms with Gasteiger partial charge in [0.2, 0.25) is 0 Å². The van der Waals surface area contributed by atoms with Crippen molar-refractivity contribution in [1.29, 1.82) is 0 Å². The first-order valence-corrected chi connectivity index (χ1v) is 6.06. The molecule has 20 heavy (non-hydrogen) atoms. The van der Waals surface area contributed by atoms with E-state index < -0.39 is 24.5 Å². The zero-order valence-electron chi connectivity index (χ0n) is 10.3. The Morgan fingerprint density at radius 2 is 1.80 bits per heavy atom. The summed E-state index contributed by atoms with van der Waals surface area (Å²) in [5.74, 6) is -4.33. The number of urea groups is 1. The van der Waals surface area contributed by atoms with Crippen molar-refractivity contribution in [3.63, 3.8) is 0 Å². The van der Waals surface area contributed by atoms with Gasteiger partial charge in [-0.15, -0.1) is 0 Å². The Morgan fingerprint density at radius 3 is 2.35 bits per heavy atom. The average Bonchev–Trinajstić information content (AvgIpc) is 2.36. The van der Waals surface area contributed by atoms with Gasteiger partial charge in [0, 0.05) is 17.1 Å². The molecule has 0 radical (unpaired) electrons. The molecule has 1 rings (SSSR count). The van der Waals surface area contributed by atoms with E-state index in [2.05, 4.69) is 5.32 Å². The molecule has 3 N–H and O–H groups in total. The van der Waals surface area contributed by atoms with Gasteiger partial charge in [0.05, 0.1) is 13.0 Å². The molecule has 0 bridgehead atoms. The largest absolute Gasteiger partial charge is 0.481 e. The van der Waals surface area contributed by atoms with Crippen molar-refractivity contribution in [2.24, 2.45) is 0 Å². The third kappa shape index (κ3) is 5.40. The molecule has 0 aromatic heterocycles. The number of carboxylic acid groups (broad SMARTS) is 1. The van der Waals surface area contributed by atoms with E-state index in [-0.39, 0.29) is 18.5 Å². The van der Waals surface area contributed by atoms with Crippen LogP contribution in [-0.4, -0.2) is 30.2 Å². The number of alkyl halides is 2. The topological polar surface area (TPSA) is 78.4 Å². The van der Waals surface area contributed by atoms with Gasteiger partial charge in [0.1, 0.15) is 0 Å². The number of nitrogens with one attached hydrogen (secondary N) is 2. The molecule has 0 unspecified atom stereocenters. The van der Waals surface area contributed by atoms with Crippen LogP contribution in [0.15, 0.2) is 24.3 Å². The summed E-state index contributed by atoms with van der Waals surface area (Å²) in [7, 11) is 0. The number of carboxylic acids is 1. The predicted molar refractivity (Wildman–Crippen MR) is 69.0 cm³/mol. The molecule has 0 saturated heterocycles. The Balaban J connectivity index is 2.44. The molecule has 110 valence electrons. The van der Waals surface area contributed by atoms with E-state index in [1.807, 2.05) is 5.32 Å². The number of hydrogen-bond acceptors (Lipinski definition) is 2. The molecular weight excluding hydrogens is 294 g/mol. The van der Waals surface area contributed by atoms with Crippen molar-refractivity contribution in [2.45, 2.75) is 12.3 Å².